The van der Waals surface area contributed by atoms with Gasteiger partial charge in [0.1, 0.15) is 5.82 Å². The third kappa shape index (κ3) is 2.55. The molecule has 1 aromatic carbocycles. The number of benzene rings is 1. The Morgan fingerprint density at radius 1 is 1.53 bits per heavy atom. The Morgan fingerprint density at radius 3 is 2.82 bits per heavy atom. The molecular formula is C12H15FN2O2. The van der Waals surface area contributed by atoms with Crippen LogP contribution in [0.15, 0.2) is 18.2 Å². The number of nitrogens with one attached hydrogen (secondary N) is 1. The van der Waals surface area contributed by atoms with Crippen LogP contribution in [0.3, 0.4) is 0 Å². The molecule has 1 aromatic rings. The zero-order valence-corrected chi connectivity index (χ0v) is 9.37. The van der Waals surface area contributed by atoms with Crippen LogP contribution in [0.1, 0.15) is 29.6 Å². The lowest BCUT2D eigenvalue weighted by atomic mass is 9.80. The second-order valence-corrected chi connectivity index (χ2v) is 4.50. The fourth-order valence-electron chi connectivity index (χ4n) is 1.82. The van der Waals surface area contributed by atoms with Crippen LogP contribution in [0.4, 0.5) is 10.1 Å². The first-order valence-corrected chi connectivity index (χ1v) is 5.56. The molecule has 92 valence electrons. The minimum atomic E-state index is -0.813. The summed E-state index contributed by atoms with van der Waals surface area (Å²) >= 11 is 0. The molecule has 17 heavy (non-hydrogen) atoms. The molecule has 5 heteroatoms. The predicted molar refractivity (Wildman–Crippen MR) is 61.9 cm³/mol. The van der Waals surface area contributed by atoms with E-state index in [1.807, 2.05) is 0 Å². The van der Waals surface area contributed by atoms with Gasteiger partial charge in [-0.1, -0.05) is 0 Å². The van der Waals surface area contributed by atoms with Gasteiger partial charge in [0.25, 0.3) is 5.91 Å². The van der Waals surface area contributed by atoms with E-state index in [0.717, 1.165) is 12.5 Å². The van der Waals surface area contributed by atoms with E-state index in [0.29, 0.717) is 18.5 Å². The highest BCUT2D eigenvalue weighted by Crippen LogP contribution is 2.30. The molecule has 0 spiro atoms. The van der Waals surface area contributed by atoms with Gasteiger partial charge in [0.2, 0.25) is 0 Å². The van der Waals surface area contributed by atoms with Crippen LogP contribution in [0.2, 0.25) is 0 Å². The van der Waals surface area contributed by atoms with Gasteiger partial charge in [0.15, 0.2) is 0 Å². The van der Waals surface area contributed by atoms with E-state index in [1.165, 1.54) is 12.1 Å². The lowest BCUT2D eigenvalue weighted by Gasteiger charge is -2.36. The number of hydrogen-bond acceptors (Lipinski definition) is 3. The van der Waals surface area contributed by atoms with Gasteiger partial charge < -0.3 is 16.2 Å². The second-order valence-electron chi connectivity index (χ2n) is 4.50. The molecule has 0 heterocycles. The Morgan fingerprint density at radius 2 is 2.24 bits per heavy atom. The Kier molecular flexibility index (Phi) is 3.02. The normalized spacial score (nSPS) is 17.3. The van der Waals surface area contributed by atoms with Crippen LogP contribution in [0.25, 0.3) is 0 Å². The average Bonchev–Trinajstić information content (AvgIpc) is 2.26. The van der Waals surface area contributed by atoms with E-state index in [1.54, 1.807) is 0 Å². The first-order chi connectivity index (χ1) is 8.00. The van der Waals surface area contributed by atoms with Gasteiger partial charge in [-0.2, -0.15) is 0 Å². The highest BCUT2D eigenvalue weighted by Gasteiger charge is 2.34. The summed E-state index contributed by atoms with van der Waals surface area (Å²) in [7, 11) is 0. The quantitative estimate of drug-likeness (QED) is 0.689. The number of halogens is 1. The first kappa shape index (κ1) is 11.9. The number of nitrogens with two attached hydrogens (primary N) is 1. The highest BCUT2D eigenvalue weighted by atomic mass is 19.1. The van der Waals surface area contributed by atoms with Gasteiger partial charge in [-0.15, -0.1) is 0 Å². The standard InChI is InChI=1S/C12H15FN2O2/c13-10-3-2-8(14)6-9(10)11(16)15-7-12(17)4-1-5-12/h2-3,6,17H,1,4-5,7,14H2,(H,15,16). The van der Waals surface area contributed by atoms with Gasteiger partial charge in [0, 0.05) is 12.2 Å². The molecule has 4 N–H and O–H groups in total. The van der Waals surface area contributed by atoms with Crippen molar-refractivity contribution in [2.24, 2.45) is 0 Å². The van der Waals surface area contributed by atoms with Crippen LogP contribution >= 0.6 is 0 Å². The molecule has 1 fully saturated rings. The zero-order valence-electron chi connectivity index (χ0n) is 9.37. The summed E-state index contributed by atoms with van der Waals surface area (Å²) in [6, 6.07) is 3.84. The van der Waals surface area contributed by atoms with Gasteiger partial charge in [-0.25, -0.2) is 4.39 Å². The zero-order chi connectivity index (χ0) is 12.5. The number of carbonyl (C=O) groups is 1. The molecule has 1 saturated carbocycles. The molecule has 1 amide bonds. The van der Waals surface area contributed by atoms with Crippen molar-refractivity contribution in [2.75, 3.05) is 12.3 Å². The maximum Gasteiger partial charge on any atom is 0.254 e. The van der Waals surface area contributed by atoms with Crippen molar-refractivity contribution >= 4 is 11.6 Å². The molecule has 0 radical (unpaired) electrons. The molecule has 1 aliphatic rings. The minimum Gasteiger partial charge on any atom is -0.399 e. The molecule has 0 aliphatic heterocycles. The predicted octanol–water partition coefficient (Wildman–Crippen LogP) is 1.05. The van der Waals surface area contributed by atoms with Crippen LogP contribution in [-0.4, -0.2) is 23.2 Å². The molecule has 0 aromatic heterocycles. The van der Waals surface area contributed by atoms with Gasteiger partial charge in [-0.05, 0) is 37.5 Å². The van der Waals surface area contributed by atoms with Gasteiger partial charge in [0.05, 0.1) is 11.2 Å². The highest BCUT2D eigenvalue weighted by molar-refractivity contribution is 5.95. The van der Waals surface area contributed by atoms with E-state index in [4.69, 9.17) is 5.73 Å². The van der Waals surface area contributed by atoms with Crippen molar-refractivity contribution < 1.29 is 14.3 Å². The largest absolute Gasteiger partial charge is 0.399 e. The summed E-state index contributed by atoms with van der Waals surface area (Å²) in [6.45, 7) is 0.153. The van der Waals surface area contributed by atoms with Crippen molar-refractivity contribution in [3.63, 3.8) is 0 Å². The van der Waals surface area contributed by atoms with E-state index in [9.17, 15) is 14.3 Å². The van der Waals surface area contributed by atoms with Crippen molar-refractivity contribution in [3.8, 4) is 0 Å². The van der Waals surface area contributed by atoms with Crippen molar-refractivity contribution in [2.45, 2.75) is 24.9 Å². The van der Waals surface area contributed by atoms with Crippen molar-refractivity contribution in [1.29, 1.82) is 0 Å². The fraction of sp³-hybridized carbons (Fsp3) is 0.417. The number of carbonyl (C=O) groups excluding carboxylic acids is 1. The van der Waals surface area contributed by atoms with E-state index >= 15 is 0 Å². The Balaban J connectivity index is 2.01. The van der Waals surface area contributed by atoms with Crippen LogP contribution in [0.5, 0.6) is 0 Å². The van der Waals surface area contributed by atoms with Crippen LogP contribution < -0.4 is 11.1 Å². The number of nitrogen functional groups attached to an aromatic ring is 1. The molecule has 0 saturated heterocycles. The summed E-state index contributed by atoms with van der Waals surface area (Å²) in [5, 5.41) is 12.3. The SMILES string of the molecule is Nc1ccc(F)c(C(=O)NCC2(O)CCC2)c1. The number of anilines is 1. The molecular weight excluding hydrogens is 223 g/mol. The van der Waals surface area contributed by atoms with E-state index in [-0.39, 0.29) is 12.1 Å². The number of hydrogen-bond donors (Lipinski definition) is 3. The third-order valence-electron chi connectivity index (χ3n) is 3.10. The van der Waals surface area contributed by atoms with E-state index < -0.39 is 17.3 Å². The second kappa shape index (κ2) is 4.33. The van der Waals surface area contributed by atoms with Gasteiger partial charge in [-0.3, -0.25) is 4.79 Å². The minimum absolute atomic E-state index is 0.0899. The summed E-state index contributed by atoms with van der Waals surface area (Å²) < 4.78 is 13.4. The maximum atomic E-state index is 13.4. The fourth-order valence-corrected chi connectivity index (χ4v) is 1.82. The molecule has 0 atom stereocenters. The number of aliphatic hydroxyl groups is 1. The summed E-state index contributed by atoms with van der Waals surface area (Å²) in [6.07, 6.45) is 2.30. The van der Waals surface area contributed by atoms with Crippen molar-refractivity contribution in [1.82, 2.24) is 5.32 Å². The number of amides is 1. The monoisotopic (exact) mass is 238 g/mol. The average molecular weight is 238 g/mol. The molecule has 1 aliphatic carbocycles. The Hall–Kier alpha value is -1.62. The lowest BCUT2D eigenvalue weighted by Crippen LogP contribution is -2.47. The Bertz CT molecular complexity index is 444. The topological polar surface area (TPSA) is 75.4 Å². The summed E-state index contributed by atoms with van der Waals surface area (Å²) in [4.78, 5) is 11.7. The molecule has 4 nitrogen and oxygen atoms in total. The molecule has 0 bridgehead atoms. The third-order valence-corrected chi connectivity index (χ3v) is 3.10. The van der Waals surface area contributed by atoms with E-state index in [2.05, 4.69) is 5.32 Å². The van der Waals surface area contributed by atoms with Crippen LogP contribution in [0, 0.1) is 5.82 Å². The Labute approximate surface area is 98.6 Å². The first-order valence-electron chi connectivity index (χ1n) is 5.56. The molecule has 0 unspecified atom stereocenters. The summed E-state index contributed by atoms with van der Waals surface area (Å²) in [5.41, 5.74) is 4.92. The number of rotatable bonds is 3. The maximum absolute atomic E-state index is 13.4. The summed E-state index contributed by atoms with van der Waals surface area (Å²) in [5.74, 6) is -1.16. The lowest BCUT2D eigenvalue weighted by molar-refractivity contribution is -0.0300. The smallest absolute Gasteiger partial charge is 0.254 e. The van der Waals surface area contributed by atoms with Crippen molar-refractivity contribution in [3.05, 3.63) is 29.6 Å². The van der Waals surface area contributed by atoms with Gasteiger partial charge >= 0.3 is 0 Å². The molecule has 2 rings (SSSR count). The van der Waals surface area contributed by atoms with Crippen LogP contribution in [-0.2, 0) is 0 Å².